The van der Waals surface area contributed by atoms with Crippen molar-refractivity contribution in [1.82, 2.24) is 0 Å². The first-order chi connectivity index (χ1) is 4.72. The fourth-order valence-corrected chi connectivity index (χ4v) is 1.68. The van der Waals surface area contributed by atoms with Gasteiger partial charge in [-0.25, -0.2) is 0 Å². The third kappa shape index (κ3) is 2.09. The quantitative estimate of drug-likeness (QED) is 0.558. The summed E-state index contributed by atoms with van der Waals surface area (Å²) in [5.41, 5.74) is 2.53. The van der Waals surface area contributed by atoms with Crippen LogP contribution in [0.15, 0.2) is 23.3 Å². The lowest BCUT2D eigenvalue weighted by Crippen LogP contribution is -2.09. The van der Waals surface area contributed by atoms with Crippen molar-refractivity contribution in [3.8, 4) is 0 Å². The van der Waals surface area contributed by atoms with Gasteiger partial charge in [-0.05, 0) is 13.3 Å². The van der Waals surface area contributed by atoms with Crippen molar-refractivity contribution in [3.63, 3.8) is 0 Å². The molecular formula is C8H11IO. The van der Waals surface area contributed by atoms with E-state index in [1.165, 1.54) is 11.1 Å². The molecule has 2 heteroatoms. The Kier molecular flexibility index (Phi) is 2.92. The molecule has 1 rings (SSSR count). The van der Waals surface area contributed by atoms with Crippen LogP contribution in [0.25, 0.3) is 0 Å². The van der Waals surface area contributed by atoms with Crippen molar-refractivity contribution in [2.75, 3.05) is 4.43 Å². The van der Waals surface area contributed by atoms with Gasteiger partial charge < -0.3 is 5.11 Å². The molecule has 0 saturated carbocycles. The zero-order chi connectivity index (χ0) is 7.56. The van der Waals surface area contributed by atoms with Gasteiger partial charge in [-0.2, -0.15) is 0 Å². The minimum Gasteiger partial charge on any atom is -0.389 e. The monoisotopic (exact) mass is 250 g/mol. The molecule has 0 amide bonds. The number of allylic oxidation sites excluding steroid dienone is 2. The molecular weight excluding hydrogens is 239 g/mol. The molecule has 1 aliphatic carbocycles. The highest BCUT2D eigenvalue weighted by Crippen LogP contribution is 2.18. The Morgan fingerprint density at radius 1 is 1.80 bits per heavy atom. The molecule has 0 aromatic heterocycles. The molecule has 0 aromatic carbocycles. The number of halogens is 1. The molecule has 1 aliphatic rings. The predicted octanol–water partition coefficient (Wildman–Crippen LogP) is 2.06. The average Bonchev–Trinajstić information content (AvgIpc) is 1.85. The first-order valence-corrected chi connectivity index (χ1v) is 4.87. The standard InChI is InChI=1S/C8H11IO/c1-6-2-7(5-9)4-8(10)3-6/h2-3,8,10H,4-5H2,1H3/t8-/m0/s1. The highest BCUT2D eigenvalue weighted by molar-refractivity contribution is 14.1. The molecule has 1 N–H and O–H groups in total. The fourth-order valence-electron chi connectivity index (χ4n) is 1.15. The zero-order valence-corrected chi connectivity index (χ0v) is 8.13. The fraction of sp³-hybridized carbons (Fsp3) is 0.500. The van der Waals surface area contributed by atoms with Crippen molar-refractivity contribution >= 4 is 22.6 Å². The molecule has 0 fully saturated rings. The maximum Gasteiger partial charge on any atom is 0.0763 e. The summed E-state index contributed by atoms with van der Waals surface area (Å²) < 4.78 is 1.03. The Bertz CT molecular complexity index is 182. The van der Waals surface area contributed by atoms with E-state index in [0.717, 1.165) is 10.8 Å². The highest BCUT2D eigenvalue weighted by Gasteiger charge is 2.08. The summed E-state index contributed by atoms with van der Waals surface area (Å²) in [6, 6.07) is 0. The van der Waals surface area contributed by atoms with Gasteiger partial charge in [-0.15, -0.1) is 0 Å². The van der Waals surface area contributed by atoms with Gasteiger partial charge in [0.25, 0.3) is 0 Å². The van der Waals surface area contributed by atoms with E-state index < -0.39 is 0 Å². The molecule has 1 atom stereocenters. The van der Waals surface area contributed by atoms with Crippen LogP contribution in [0.5, 0.6) is 0 Å². The first-order valence-electron chi connectivity index (χ1n) is 3.34. The van der Waals surface area contributed by atoms with Gasteiger partial charge in [-0.1, -0.05) is 45.9 Å². The van der Waals surface area contributed by atoms with E-state index >= 15 is 0 Å². The van der Waals surface area contributed by atoms with Crippen LogP contribution in [0.4, 0.5) is 0 Å². The third-order valence-electron chi connectivity index (χ3n) is 1.53. The van der Waals surface area contributed by atoms with Gasteiger partial charge in [0.05, 0.1) is 6.10 Å². The molecule has 0 spiro atoms. The van der Waals surface area contributed by atoms with E-state index in [1.54, 1.807) is 0 Å². The number of hydrogen-bond acceptors (Lipinski definition) is 1. The highest BCUT2D eigenvalue weighted by atomic mass is 127. The Morgan fingerprint density at radius 3 is 3.00 bits per heavy atom. The van der Waals surface area contributed by atoms with Gasteiger partial charge >= 0.3 is 0 Å². The van der Waals surface area contributed by atoms with E-state index in [-0.39, 0.29) is 6.10 Å². The summed E-state index contributed by atoms with van der Waals surface area (Å²) in [7, 11) is 0. The van der Waals surface area contributed by atoms with Crippen LogP contribution < -0.4 is 0 Å². The van der Waals surface area contributed by atoms with Gasteiger partial charge in [0.2, 0.25) is 0 Å². The third-order valence-corrected chi connectivity index (χ3v) is 2.51. The summed E-state index contributed by atoms with van der Waals surface area (Å²) in [6.45, 7) is 2.02. The Hall–Kier alpha value is 0.170. The van der Waals surface area contributed by atoms with Crippen LogP contribution >= 0.6 is 22.6 Å². The van der Waals surface area contributed by atoms with Crippen molar-refractivity contribution in [1.29, 1.82) is 0 Å². The van der Waals surface area contributed by atoms with Gasteiger partial charge in [-0.3, -0.25) is 0 Å². The Labute approximate surface area is 75.0 Å². The molecule has 56 valence electrons. The zero-order valence-electron chi connectivity index (χ0n) is 5.97. The van der Waals surface area contributed by atoms with Crippen LogP contribution in [-0.4, -0.2) is 15.6 Å². The number of hydrogen-bond donors (Lipinski definition) is 1. The molecule has 0 aromatic rings. The topological polar surface area (TPSA) is 20.2 Å². The van der Waals surface area contributed by atoms with E-state index in [0.29, 0.717) is 0 Å². The van der Waals surface area contributed by atoms with Crippen LogP contribution in [0.2, 0.25) is 0 Å². The molecule has 1 nitrogen and oxygen atoms in total. The number of rotatable bonds is 1. The smallest absolute Gasteiger partial charge is 0.0763 e. The maximum atomic E-state index is 9.26. The Balaban J connectivity index is 2.70. The second-order valence-electron chi connectivity index (χ2n) is 2.62. The molecule has 0 aliphatic heterocycles. The molecule has 0 saturated heterocycles. The summed E-state index contributed by atoms with van der Waals surface area (Å²) >= 11 is 2.32. The molecule has 0 heterocycles. The molecule has 10 heavy (non-hydrogen) atoms. The number of aliphatic hydroxyl groups is 1. The van der Waals surface area contributed by atoms with E-state index in [4.69, 9.17) is 0 Å². The van der Waals surface area contributed by atoms with Gasteiger partial charge in [0.1, 0.15) is 0 Å². The van der Waals surface area contributed by atoms with E-state index in [2.05, 4.69) is 28.7 Å². The largest absolute Gasteiger partial charge is 0.389 e. The van der Waals surface area contributed by atoms with Gasteiger partial charge in [0.15, 0.2) is 0 Å². The minimum absolute atomic E-state index is 0.241. The summed E-state index contributed by atoms with van der Waals surface area (Å²) in [4.78, 5) is 0. The van der Waals surface area contributed by atoms with Crippen LogP contribution in [-0.2, 0) is 0 Å². The number of alkyl halides is 1. The minimum atomic E-state index is -0.241. The lowest BCUT2D eigenvalue weighted by Gasteiger charge is -2.13. The van der Waals surface area contributed by atoms with Crippen LogP contribution in [0.3, 0.4) is 0 Å². The lowest BCUT2D eigenvalue weighted by atomic mass is 10.00. The van der Waals surface area contributed by atoms with Crippen molar-refractivity contribution in [2.24, 2.45) is 0 Å². The molecule has 0 unspecified atom stereocenters. The normalized spacial score (nSPS) is 25.7. The maximum absolute atomic E-state index is 9.26. The van der Waals surface area contributed by atoms with Crippen molar-refractivity contribution < 1.29 is 5.11 Å². The molecule has 0 bridgehead atoms. The van der Waals surface area contributed by atoms with Crippen molar-refractivity contribution in [2.45, 2.75) is 19.4 Å². The first kappa shape index (κ1) is 8.27. The van der Waals surface area contributed by atoms with Crippen LogP contribution in [0, 0.1) is 0 Å². The van der Waals surface area contributed by atoms with Crippen LogP contribution in [0.1, 0.15) is 13.3 Å². The van der Waals surface area contributed by atoms with E-state index in [9.17, 15) is 5.11 Å². The predicted molar refractivity (Wildman–Crippen MR) is 51.4 cm³/mol. The number of aliphatic hydroxyl groups excluding tert-OH is 1. The summed E-state index contributed by atoms with van der Waals surface area (Å²) in [5, 5.41) is 9.26. The lowest BCUT2D eigenvalue weighted by molar-refractivity contribution is 0.221. The Morgan fingerprint density at radius 2 is 2.50 bits per heavy atom. The summed E-state index contributed by atoms with van der Waals surface area (Å²) in [6.07, 6.45) is 4.63. The molecule has 0 radical (unpaired) electrons. The van der Waals surface area contributed by atoms with Crippen molar-refractivity contribution in [3.05, 3.63) is 23.3 Å². The SMILES string of the molecule is CC1=C[C@H](O)CC(CI)=C1. The second kappa shape index (κ2) is 3.53. The van der Waals surface area contributed by atoms with Gasteiger partial charge in [0, 0.05) is 4.43 Å². The average molecular weight is 250 g/mol. The summed E-state index contributed by atoms with van der Waals surface area (Å²) in [5.74, 6) is 0. The second-order valence-corrected chi connectivity index (χ2v) is 3.38. The van der Waals surface area contributed by atoms with E-state index in [1.807, 2.05) is 13.0 Å².